The van der Waals surface area contributed by atoms with Gasteiger partial charge in [-0.25, -0.2) is 13.8 Å². The Bertz CT molecular complexity index is 789. The predicted molar refractivity (Wildman–Crippen MR) is 73.6 cm³/mol. The molecule has 0 aliphatic carbocycles. The van der Waals surface area contributed by atoms with E-state index in [-0.39, 0.29) is 5.95 Å². The van der Waals surface area contributed by atoms with Gasteiger partial charge >= 0.3 is 0 Å². The van der Waals surface area contributed by atoms with Crippen LogP contribution in [0.5, 0.6) is 0 Å². The third-order valence-corrected chi connectivity index (χ3v) is 2.80. The molecule has 100 valence electrons. The normalized spacial score (nSPS) is 10.7. The minimum atomic E-state index is -0.929. The molecule has 0 saturated carbocycles. The van der Waals surface area contributed by atoms with Gasteiger partial charge in [0, 0.05) is 17.1 Å². The van der Waals surface area contributed by atoms with E-state index in [0.29, 0.717) is 17.0 Å². The number of aromatic nitrogens is 2. The second kappa shape index (κ2) is 4.73. The zero-order chi connectivity index (χ0) is 14.1. The van der Waals surface area contributed by atoms with Gasteiger partial charge in [0.05, 0.1) is 5.52 Å². The highest BCUT2D eigenvalue weighted by Crippen LogP contribution is 2.25. The molecular weight excluding hydrogens is 262 g/mol. The fourth-order valence-electron chi connectivity index (χ4n) is 1.90. The Morgan fingerprint density at radius 2 is 1.75 bits per heavy atom. The number of nitrogens with zero attached hydrogens (tertiary/aromatic N) is 2. The molecule has 0 unspecified atom stereocenters. The summed E-state index contributed by atoms with van der Waals surface area (Å²) in [5.74, 6) is -1.28. The van der Waals surface area contributed by atoms with Crippen LogP contribution in [0.4, 0.5) is 26.2 Å². The number of benzene rings is 2. The lowest BCUT2D eigenvalue weighted by atomic mass is 10.2. The zero-order valence-corrected chi connectivity index (χ0v) is 10.3. The molecule has 0 aliphatic rings. The molecule has 1 aromatic heterocycles. The molecular formula is C14H10F2N4. The first kappa shape index (κ1) is 12.3. The van der Waals surface area contributed by atoms with Crippen molar-refractivity contribution in [2.24, 2.45) is 0 Å². The van der Waals surface area contributed by atoms with E-state index in [1.165, 1.54) is 6.07 Å². The van der Waals surface area contributed by atoms with Crippen LogP contribution in [0.1, 0.15) is 0 Å². The Morgan fingerprint density at radius 1 is 0.950 bits per heavy atom. The maximum Gasteiger partial charge on any atom is 0.222 e. The average molecular weight is 272 g/mol. The van der Waals surface area contributed by atoms with E-state index < -0.39 is 11.6 Å². The molecule has 0 bridgehead atoms. The Balaban J connectivity index is 2.07. The smallest absolute Gasteiger partial charge is 0.222 e. The highest BCUT2D eigenvalue weighted by molar-refractivity contribution is 5.91. The molecule has 0 fully saturated rings. The second-order valence-electron chi connectivity index (χ2n) is 4.20. The van der Waals surface area contributed by atoms with Gasteiger partial charge in [0.25, 0.3) is 0 Å². The summed E-state index contributed by atoms with van der Waals surface area (Å²) < 4.78 is 26.1. The lowest BCUT2D eigenvalue weighted by Crippen LogP contribution is -2.01. The Morgan fingerprint density at radius 3 is 2.55 bits per heavy atom. The van der Waals surface area contributed by atoms with Crippen molar-refractivity contribution in [3.8, 4) is 0 Å². The Labute approximate surface area is 113 Å². The zero-order valence-electron chi connectivity index (χ0n) is 10.3. The lowest BCUT2D eigenvalue weighted by Gasteiger charge is -2.09. The van der Waals surface area contributed by atoms with E-state index in [4.69, 9.17) is 5.73 Å². The van der Waals surface area contributed by atoms with Gasteiger partial charge in [-0.3, -0.25) is 0 Å². The SMILES string of the molecule is Nc1nc(Nc2ccc(F)c(F)c2)c2ccccc2n1. The maximum atomic E-state index is 13.2. The maximum absolute atomic E-state index is 13.2. The predicted octanol–water partition coefficient (Wildman–Crippen LogP) is 3.23. The highest BCUT2D eigenvalue weighted by Gasteiger charge is 2.08. The third-order valence-electron chi connectivity index (χ3n) is 2.80. The molecule has 0 amide bonds. The minimum absolute atomic E-state index is 0.105. The van der Waals surface area contributed by atoms with Gasteiger partial charge < -0.3 is 11.1 Å². The first-order valence-corrected chi connectivity index (χ1v) is 5.88. The number of nitrogens with two attached hydrogens (primary N) is 1. The summed E-state index contributed by atoms with van der Waals surface area (Å²) in [5.41, 5.74) is 6.69. The molecule has 20 heavy (non-hydrogen) atoms. The molecule has 3 aromatic rings. The van der Waals surface area contributed by atoms with E-state index in [9.17, 15) is 8.78 Å². The van der Waals surface area contributed by atoms with Crippen LogP contribution in [-0.2, 0) is 0 Å². The molecule has 2 aromatic carbocycles. The second-order valence-corrected chi connectivity index (χ2v) is 4.20. The summed E-state index contributed by atoms with van der Waals surface area (Å²) >= 11 is 0. The van der Waals surface area contributed by atoms with Gasteiger partial charge in [-0.05, 0) is 24.3 Å². The molecule has 0 radical (unpaired) electrons. The van der Waals surface area contributed by atoms with Crippen molar-refractivity contribution in [1.29, 1.82) is 0 Å². The van der Waals surface area contributed by atoms with Gasteiger partial charge in [0.1, 0.15) is 5.82 Å². The van der Waals surface area contributed by atoms with E-state index in [1.54, 1.807) is 6.07 Å². The number of nitrogens with one attached hydrogen (secondary N) is 1. The van der Waals surface area contributed by atoms with E-state index in [0.717, 1.165) is 17.5 Å². The lowest BCUT2D eigenvalue weighted by molar-refractivity contribution is 0.509. The molecule has 1 heterocycles. The van der Waals surface area contributed by atoms with Crippen LogP contribution in [0.3, 0.4) is 0 Å². The molecule has 4 nitrogen and oxygen atoms in total. The van der Waals surface area contributed by atoms with Crippen molar-refractivity contribution in [2.75, 3.05) is 11.1 Å². The van der Waals surface area contributed by atoms with Crippen LogP contribution in [0.25, 0.3) is 10.9 Å². The number of anilines is 3. The number of hydrogen-bond donors (Lipinski definition) is 2. The largest absolute Gasteiger partial charge is 0.368 e. The number of nitrogen functional groups attached to an aromatic ring is 1. The van der Waals surface area contributed by atoms with Crippen molar-refractivity contribution < 1.29 is 8.78 Å². The van der Waals surface area contributed by atoms with Crippen LogP contribution in [-0.4, -0.2) is 9.97 Å². The molecule has 0 saturated heterocycles. The standard InChI is InChI=1S/C14H10F2N4/c15-10-6-5-8(7-11(10)16)18-13-9-3-1-2-4-12(9)19-14(17)20-13/h1-7H,(H3,17,18,19,20). The molecule has 3 N–H and O–H groups in total. The molecule has 6 heteroatoms. The Hall–Kier alpha value is -2.76. The average Bonchev–Trinajstić information content (AvgIpc) is 2.43. The van der Waals surface area contributed by atoms with Gasteiger partial charge in [0.15, 0.2) is 11.6 Å². The van der Waals surface area contributed by atoms with Crippen molar-refractivity contribution in [1.82, 2.24) is 9.97 Å². The summed E-state index contributed by atoms with van der Waals surface area (Å²) in [7, 11) is 0. The minimum Gasteiger partial charge on any atom is -0.368 e. The fraction of sp³-hybridized carbons (Fsp3) is 0. The monoisotopic (exact) mass is 272 g/mol. The van der Waals surface area contributed by atoms with Gasteiger partial charge in [-0.1, -0.05) is 12.1 Å². The third kappa shape index (κ3) is 2.23. The molecule has 0 aliphatic heterocycles. The van der Waals surface area contributed by atoms with Gasteiger partial charge in [-0.2, -0.15) is 4.98 Å². The van der Waals surface area contributed by atoms with Crippen LogP contribution >= 0.6 is 0 Å². The Kier molecular flexibility index (Phi) is 2.90. The van der Waals surface area contributed by atoms with Crippen molar-refractivity contribution in [2.45, 2.75) is 0 Å². The van der Waals surface area contributed by atoms with Crippen molar-refractivity contribution in [3.63, 3.8) is 0 Å². The first-order chi connectivity index (χ1) is 9.63. The molecule has 0 atom stereocenters. The first-order valence-electron chi connectivity index (χ1n) is 5.88. The van der Waals surface area contributed by atoms with Gasteiger partial charge in [-0.15, -0.1) is 0 Å². The van der Waals surface area contributed by atoms with Crippen LogP contribution in [0.15, 0.2) is 42.5 Å². The van der Waals surface area contributed by atoms with Crippen LogP contribution in [0.2, 0.25) is 0 Å². The summed E-state index contributed by atoms with van der Waals surface area (Å²) in [6.45, 7) is 0. The van der Waals surface area contributed by atoms with Crippen molar-refractivity contribution in [3.05, 3.63) is 54.1 Å². The fourth-order valence-corrected chi connectivity index (χ4v) is 1.90. The summed E-state index contributed by atoms with van der Waals surface area (Å²) in [6.07, 6.45) is 0. The topological polar surface area (TPSA) is 63.8 Å². The van der Waals surface area contributed by atoms with Gasteiger partial charge in [0.2, 0.25) is 5.95 Å². The molecule has 0 spiro atoms. The summed E-state index contributed by atoms with van der Waals surface area (Å²) in [4.78, 5) is 8.19. The quantitative estimate of drug-likeness (QED) is 0.751. The highest BCUT2D eigenvalue weighted by atomic mass is 19.2. The van der Waals surface area contributed by atoms with Crippen LogP contribution in [0, 0.1) is 11.6 Å². The summed E-state index contributed by atoms with van der Waals surface area (Å²) in [6, 6.07) is 10.8. The number of para-hydroxylation sites is 1. The van der Waals surface area contributed by atoms with E-state index in [1.807, 2.05) is 18.2 Å². The summed E-state index contributed by atoms with van der Waals surface area (Å²) in [5, 5.41) is 3.66. The van der Waals surface area contributed by atoms with Crippen LogP contribution < -0.4 is 11.1 Å². The number of fused-ring (bicyclic) bond motifs is 1. The van der Waals surface area contributed by atoms with E-state index >= 15 is 0 Å². The van der Waals surface area contributed by atoms with Crippen molar-refractivity contribution >= 4 is 28.4 Å². The number of hydrogen-bond acceptors (Lipinski definition) is 4. The number of halogens is 2. The van der Waals surface area contributed by atoms with E-state index in [2.05, 4.69) is 15.3 Å². The number of rotatable bonds is 2. The molecule has 3 rings (SSSR count).